The average molecular weight is 276 g/mol. The second kappa shape index (κ2) is 6.64. The van der Waals surface area contributed by atoms with Crippen molar-refractivity contribution in [3.05, 3.63) is 53.2 Å². The Morgan fingerprint density at radius 3 is 2.61 bits per heavy atom. The quantitative estimate of drug-likeness (QED) is 0.709. The molecule has 0 fully saturated rings. The van der Waals surface area contributed by atoms with E-state index in [1.165, 1.54) is 5.56 Å². The molecule has 2 nitrogen and oxygen atoms in total. The van der Waals surface area contributed by atoms with E-state index in [1.54, 1.807) is 22.7 Å². The van der Waals surface area contributed by atoms with Crippen LogP contribution in [0.1, 0.15) is 5.69 Å². The maximum absolute atomic E-state index is 4.67. The first-order valence-electron chi connectivity index (χ1n) is 5.74. The summed E-state index contributed by atoms with van der Waals surface area (Å²) in [6.07, 6.45) is 3.82. The molecule has 2 aromatic heterocycles. The summed E-state index contributed by atoms with van der Waals surface area (Å²) in [5.41, 5.74) is 2.33. The number of thiazole rings is 1. The molecular formula is C14H16N2S2. The van der Waals surface area contributed by atoms with E-state index in [0.29, 0.717) is 0 Å². The van der Waals surface area contributed by atoms with E-state index in [-0.39, 0.29) is 0 Å². The van der Waals surface area contributed by atoms with Crippen LogP contribution in [0, 0.1) is 0 Å². The van der Waals surface area contributed by atoms with Gasteiger partial charge in [-0.3, -0.25) is 4.90 Å². The maximum atomic E-state index is 4.67. The van der Waals surface area contributed by atoms with Gasteiger partial charge >= 0.3 is 0 Å². The van der Waals surface area contributed by atoms with Crippen molar-refractivity contribution in [1.29, 1.82) is 0 Å². The van der Waals surface area contributed by atoms with E-state index < -0.39 is 0 Å². The lowest BCUT2D eigenvalue weighted by Crippen LogP contribution is -2.23. The van der Waals surface area contributed by atoms with Crippen molar-refractivity contribution < 1.29 is 0 Å². The monoisotopic (exact) mass is 276 g/mol. The minimum atomic E-state index is 0.846. The smallest absolute Gasteiger partial charge is 0.124 e. The van der Waals surface area contributed by atoms with E-state index in [2.05, 4.69) is 45.2 Å². The van der Waals surface area contributed by atoms with Crippen LogP contribution in [0.5, 0.6) is 0 Å². The Balaban J connectivity index is 2.05. The molecule has 0 unspecified atom stereocenters. The van der Waals surface area contributed by atoms with Crippen LogP contribution in [0.3, 0.4) is 0 Å². The van der Waals surface area contributed by atoms with E-state index >= 15 is 0 Å². The molecule has 0 N–H and O–H groups in total. The SMILES string of the molecule is C=CCN(CC=C)Cc1csc(-c2ccsc2)n1. The summed E-state index contributed by atoms with van der Waals surface area (Å²) >= 11 is 3.41. The van der Waals surface area contributed by atoms with Gasteiger partial charge in [-0.15, -0.1) is 24.5 Å². The lowest BCUT2D eigenvalue weighted by atomic mass is 10.3. The van der Waals surface area contributed by atoms with Gasteiger partial charge in [0.1, 0.15) is 5.01 Å². The topological polar surface area (TPSA) is 16.1 Å². The molecule has 94 valence electrons. The molecule has 0 bridgehead atoms. The highest BCUT2D eigenvalue weighted by Gasteiger charge is 2.08. The van der Waals surface area contributed by atoms with Crippen LogP contribution < -0.4 is 0 Å². The molecule has 0 aliphatic rings. The van der Waals surface area contributed by atoms with E-state index in [0.717, 1.165) is 30.3 Å². The maximum Gasteiger partial charge on any atom is 0.124 e. The van der Waals surface area contributed by atoms with Crippen molar-refractivity contribution in [3.63, 3.8) is 0 Å². The molecule has 2 rings (SSSR count). The molecule has 2 heterocycles. The van der Waals surface area contributed by atoms with Crippen molar-refractivity contribution in [2.24, 2.45) is 0 Å². The third kappa shape index (κ3) is 3.38. The molecule has 0 radical (unpaired) electrons. The fourth-order valence-corrected chi connectivity index (χ4v) is 3.22. The van der Waals surface area contributed by atoms with Crippen molar-refractivity contribution in [2.75, 3.05) is 13.1 Å². The molecule has 0 aliphatic heterocycles. The van der Waals surface area contributed by atoms with Gasteiger partial charge in [-0.2, -0.15) is 11.3 Å². The molecule has 0 amide bonds. The highest BCUT2D eigenvalue weighted by molar-refractivity contribution is 7.14. The Hall–Kier alpha value is -1.23. The molecular weight excluding hydrogens is 260 g/mol. The minimum Gasteiger partial charge on any atom is -0.290 e. The van der Waals surface area contributed by atoms with Crippen LogP contribution in [0.2, 0.25) is 0 Å². The number of aromatic nitrogens is 1. The predicted octanol–water partition coefficient (Wildman–Crippen LogP) is 4.05. The lowest BCUT2D eigenvalue weighted by molar-refractivity contribution is 0.324. The molecule has 4 heteroatoms. The molecule has 0 atom stereocenters. The fraction of sp³-hybridized carbons (Fsp3) is 0.214. The normalized spacial score (nSPS) is 10.7. The zero-order chi connectivity index (χ0) is 12.8. The molecule has 2 aromatic rings. The van der Waals surface area contributed by atoms with Gasteiger partial charge < -0.3 is 0 Å². The second-order valence-electron chi connectivity index (χ2n) is 3.93. The summed E-state index contributed by atoms with van der Waals surface area (Å²) in [7, 11) is 0. The van der Waals surface area contributed by atoms with Crippen molar-refractivity contribution in [3.8, 4) is 10.6 Å². The summed E-state index contributed by atoms with van der Waals surface area (Å²) in [5.74, 6) is 0. The van der Waals surface area contributed by atoms with Crippen molar-refractivity contribution in [2.45, 2.75) is 6.54 Å². The lowest BCUT2D eigenvalue weighted by Gasteiger charge is -2.16. The fourth-order valence-electron chi connectivity index (χ4n) is 1.70. The Morgan fingerprint density at radius 1 is 1.22 bits per heavy atom. The Morgan fingerprint density at radius 2 is 2.00 bits per heavy atom. The molecule has 0 saturated heterocycles. The highest BCUT2D eigenvalue weighted by atomic mass is 32.1. The molecule has 18 heavy (non-hydrogen) atoms. The van der Waals surface area contributed by atoms with Gasteiger partial charge in [0.2, 0.25) is 0 Å². The summed E-state index contributed by atoms with van der Waals surface area (Å²) in [4.78, 5) is 6.93. The first-order chi connectivity index (χ1) is 8.83. The van der Waals surface area contributed by atoms with Gasteiger partial charge in [-0.05, 0) is 11.4 Å². The minimum absolute atomic E-state index is 0.846. The van der Waals surface area contributed by atoms with Crippen LogP contribution >= 0.6 is 22.7 Å². The highest BCUT2D eigenvalue weighted by Crippen LogP contribution is 2.26. The Bertz CT molecular complexity index is 490. The van der Waals surface area contributed by atoms with Crippen LogP contribution in [-0.4, -0.2) is 23.0 Å². The first kappa shape index (κ1) is 13.2. The van der Waals surface area contributed by atoms with E-state index in [1.807, 2.05) is 12.2 Å². The van der Waals surface area contributed by atoms with Crippen LogP contribution in [0.25, 0.3) is 10.6 Å². The van der Waals surface area contributed by atoms with Gasteiger partial charge in [-0.1, -0.05) is 12.2 Å². The number of thiophene rings is 1. The first-order valence-corrected chi connectivity index (χ1v) is 7.57. The van der Waals surface area contributed by atoms with Crippen molar-refractivity contribution >= 4 is 22.7 Å². The van der Waals surface area contributed by atoms with Crippen LogP contribution in [0.4, 0.5) is 0 Å². The number of hydrogen-bond donors (Lipinski definition) is 0. The second-order valence-corrected chi connectivity index (χ2v) is 5.57. The summed E-state index contributed by atoms with van der Waals surface area (Å²) in [6, 6.07) is 2.11. The zero-order valence-corrected chi connectivity index (χ0v) is 11.8. The van der Waals surface area contributed by atoms with Crippen LogP contribution in [-0.2, 0) is 6.54 Å². The standard InChI is InChI=1S/C14H16N2S2/c1-3-6-16(7-4-2)9-13-11-18-14(15-13)12-5-8-17-10-12/h3-5,8,10-11H,1-2,6-7,9H2. The molecule has 0 saturated carbocycles. The number of hydrogen-bond acceptors (Lipinski definition) is 4. The number of rotatable bonds is 7. The summed E-state index contributed by atoms with van der Waals surface area (Å²) in [5, 5.41) is 7.45. The predicted molar refractivity (Wildman–Crippen MR) is 81.1 cm³/mol. The summed E-state index contributed by atoms with van der Waals surface area (Å²) in [6.45, 7) is 10.1. The van der Waals surface area contributed by atoms with Gasteiger partial charge in [0.15, 0.2) is 0 Å². The van der Waals surface area contributed by atoms with Crippen LogP contribution in [0.15, 0.2) is 47.5 Å². The van der Waals surface area contributed by atoms with Gasteiger partial charge in [-0.25, -0.2) is 4.98 Å². The van der Waals surface area contributed by atoms with Crippen molar-refractivity contribution in [1.82, 2.24) is 9.88 Å². The Labute approximate surface area is 116 Å². The van der Waals surface area contributed by atoms with E-state index in [4.69, 9.17) is 0 Å². The third-order valence-electron chi connectivity index (χ3n) is 2.48. The zero-order valence-electron chi connectivity index (χ0n) is 10.2. The third-order valence-corrected chi connectivity index (χ3v) is 4.10. The molecule has 0 aliphatic carbocycles. The van der Waals surface area contributed by atoms with Gasteiger partial charge in [0, 0.05) is 36.0 Å². The molecule has 0 aromatic carbocycles. The Kier molecular flexibility index (Phi) is 4.87. The summed E-state index contributed by atoms with van der Waals surface area (Å²) < 4.78 is 0. The number of nitrogens with zero attached hydrogens (tertiary/aromatic N) is 2. The van der Waals surface area contributed by atoms with Gasteiger partial charge in [0.05, 0.1) is 5.69 Å². The molecule has 0 spiro atoms. The van der Waals surface area contributed by atoms with E-state index in [9.17, 15) is 0 Å². The van der Waals surface area contributed by atoms with Gasteiger partial charge in [0.25, 0.3) is 0 Å². The average Bonchev–Trinajstić information content (AvgIpc) is 2.98. The largest absolute Gasteiger partial charge is 0.290 e.